The number of halogens is 1. The van der Waals surface area contributed by atoms with Gasteiger partial charge < -0.3 is 20.9 Å². The molecule has 7 heteroatoms. The summed E-state index contributed by atoms with van der Waals surface area (Å²) >= 11 is 6.13. The normalized spacial score (nSPS) is 21.4. The van der Waals surface area contributed by atoms with E-state index in [4.69, 9.17) is 17.3 Å². The number of anilines is 1. The van der Waals surface area contributed by atoms with Crippen molar-refractivity contribution < 1.29 is 4.79 Å². The Kier molecular flexibility index (Phi) is 8.48. The van der Waals surface area contributed by atoms with Gasteiger partial charge in [-0.15, -0.1) is 0 Å². The van der Waals surface area contributed by atoms with Crippen molar-refractivity contribution in [2.45, 2.75) is 32.4 Å². The minimum absolute atomic E-state index is 0.0112. The lowest BCUT2D eigenvalue weighted by Gasteiger charge is -2.38. The first-order chi connectivity index (χ1) is 16.5. The number of likely N-dealkylation sites (tertiary alicyclic amines) is 1. The number of hydrogen-bond donors (Lipinski definition) is 2. The topological polar surface area (TPSA) is 64.8 Å². The van der Waals surface area contributed by atoms with Crippen LogP contribution in [-0.2, 0) is 11.3 Å². The molecule has 184 valence electrons. The summed E-state index contributed by atoms with van der Waals surface area (Å²) in [5.41, 5.74) is 9.37. The number of hydrogen-bond acceptors (Lipinski definition) is 5. The number of amides is 1. The van der Waals surface area contributed by atoms with Gasteiger partial charge in [0.15, 0.2) is 0 Å². The second-order valence-electron chi connectivity index (χ2n) is 9.72. The van der Waals surface area contributed by atoms with E-state index in [0.717, 1.165) is 57.4 Å². The molecule has 0 saturated carbocycles. The van der Waals surface area contributed by atoms with Crippen LogP contribution in [-0.4, -0.2) is 74.1 Å². The summed E-state index contributed by atoms with van der Waals surface area (Å²) in [7, 11) is 0. The van der Waals surface area contributed by atoms with Gasteiger partial charge in [-0.25, -0.2) is 0 Å². The number of carbonyl (C=O) groups is 1. The molecule has 0 unspecified atom stereocenters. The smallest absolute Gasteiger partial charge is 0.227 e. The van der Waals surface area contributed by atoms with E-state index in [1.54, 1.807) is 0 Å². The Hall–Kier alpha value is -2.12. The lowest BCUT2D eigenvalue weighted by Crippen LogP contribution is -2.51. The molecule has 2 aliphatic rings. The molecule has 34 heavy (non-hydrogen) atoms. The zero-order valence-corrected chi connectivity index (χ0v) is 21.2. The molecule has 2 aliphatic heterocycles. The lowest BCUT2D eigenvalue weighted by molar-refractivity contribution is -0.135. The molecule has 4 rings (SSSR count). The maximum Gasteiger partial charge on any atom is 0.227 e. The monoisotopic (exact) mass is 483 g/mol. The first kappa shape index (κ1) is 25.0. The van der Waals surface area contributed by atoms with Gasteiger partial charge in [0, 0.05) is 81.6 Å². The fraction of sp³-hybridized carbons (Fsp3) is 0.519. The van der Waals surface area contributed by atoms with Crippen molar-refractivity contribution in [3.8, 4) is 0 Å². The van der Waals surface area contributed by atoms with Gasteiger partial charge >= 0.3 is 0 Å². The van der Waals surface area contributed by atoms with E-state index in [1.807, 2.05) is 12.1 Å². The standard InChI is InChI=1S/C27H38ClN5O/c1-20(2)33-18-24(21-7-9-23(28)10-8-21)25(19-33)27(34)32-15-13-31(14-16-32)26-6-4-3-5-22(26)17-30-12-11-29/h3-10,20,24-25,30H,11-19,29H2,1-2H3/t24-,25+/m0/s1. The molecule has 0 aromatic heterocycles. The number of piperazine rings is 1. The molecule has 0 aliphatic carbocycles. The summed E-state index contributed by atoms with van der Waals surface area (Å²) in [5.74, 6) is 0.489. The van der Waals surface area contributed by atoms with E-state index in [2.05, 4.69) is 70.3 Å². The second-order valence-corrected chi connectivity index (χ2v) is 10.2. The largest absolute Gasteiger partial charge is 0.368 e. The van der Waals surface area contributed by atoms with Gasteiger partial charge in [-0.3, -0.25) is 9.69 Å². The first-order valence-corrected chi connectivity index (χ1v) is 12.9. The summed E-state index contributed by atoms with van der Waals surface area (Å²) in [4.78, 5) is 20.7. The van der Waals surface area contributed by atoms with E-state index >= 15 is 0 Å². The van der Waals surface area contributed by atoms with Crippen LogP contribution in [0.2, 0.25) is 5.02 Å². The van der Waals surface area contributed by atoms with Crippen LogP contribution in [0.25, 0.3) is 0 Å². The maximum absolute atomic E-state index is 13.7. The summed E-state index contributed by atoms with van der Waals surface area (Å²) in [6, 6.07) is 17.0. The third-order valence-corrected chi connectivity index (χ3v) is 7.51. The van der Waals surface area contributed by atoms with Crippen LogP contribution in [0.15, 0.2) is 48.5 Å². The third kappa shape index (κ3) is 5.74. The predicted octanol–water partition coefficient (Wildman–Crippen LogP) is 3.16. The summed E-state index contributed by atoms with van der Waals surface area (Å²) in [5, 5.41) is 4.14. The van der Waals surface area contributed by atoms with Crippen LogP contribution in [0, 0.1) is 5.92 Å². The third-order valence-electron chi connectivity index (χ3n) is 7.25. The van der Waals surface area contributed by atoms with Gasteiger partial charge in [0.05, 0.1) is 5.92 Å². The van der Waals surface area contributed by atoms with E-state index in [1.165, 1.54) is 16.8 Å². The Morgan fingerprint density at radius 1 is 1.06 bits per heavy atom. The Morgan fingerprint density at radius 3 is 2.44 bits per heavy atom. The maximum atomic E-state index is 13.7. The lowest BCUT2D eigenvalue weighted by atomic mass is 9.88. The molecule has 0 bridgehead atoms. The highest BCUT2D eigenvalue weighted by Crippen LogP contribution is 2.36. The molecule has 2 heterocycles. The highest BCUT2D eigenvalue weighted by Gasteiger charge is 2.41. The van der Waals surface area contributed by atoms with Crippen LogP contribution in [0.5, 0.6) is 0 Å². The number of para-hydroxylation sites is 1. The van der Waals surface area contributed by atoms with Crippen LogP contribution >= 0.6 is 11.6 Å². The number of carbonyl (C=O) groups excluding carboxylic acids is 1. The van der Waals surface area contributed by atoms with Gasteiger partial charge in [0.25, 0.3) is 0 Å². The second kappa shape index (κ2) is 11.5. The Bertz CT molecular complexity index is 942. The molecule has 2 atom stereocenters. The van der Waals surface area contributed by atoms with Gasteiger partial charge in [-0.2, -0.15) is 0 Å². The first-order valence-electron chi connectivity index (χ1n) is 12.5. The van der Waals surface area contributed by atoms with Crippen LogP contribution in [0.3, 0.4) is 0 Å². The number of nitrogens with one attached hydrogen (secondary N) is 1. The molecule has 2 aromatic carbocycles. The van der Waals surface area contributed by atoms with E-state index < -0.39 is 0 Å². The number of benzene rings is 2. The van der Waals surface area contributed by atoms with Crippen LogP contribution < -0.4 is 16.0 Å². The van der Waals surface area contributed by atoms with Crippen molar-refractivity contribution in [1.29, 1.82) is 0 Å². The quantitative estimate of drug-likeness (QED) is 0.565. The molecule has 2 fully saturated rings. The van der Waals surface area contributed by atoms with Crippen molar-refractivity contribution in [3.05, 3.63) is 64.7 Å². The molecule has 0 spiro atoms. The average molecular weight is 484 g/mol. The summed E-state index contributed by atoms with van der Waals surface area (Å²) < 4.78 is 0. The Morgan fingerprint density at radius 2 is 1.76 bits per heavy atom. The van der Waals surface area contributed by atoms with Crippen molar-refractivity contribution in [3.63, 3.8) is 0 Å². The molecule has 6 nitrogen and oxygen atoms in total. The van der Waals surface area contributed by atoms with Crippen molar-refractivity contribution in [2.24, 2.45) is 11.7 Å². The fourth-order valence-corrected chi connectivity index (χ4v) is 5.38. The Labute approximate surface area is 209 Å². The number of rotatable bonds is 8. The van der Waals surface area contributed by atoms with E-state index in [-0.39, 0.29) is 11.8 Å². The summed E-state index contributed by atoms with van der Waals surface area (Å²) in [6.45, 7) is 11.6. The molecular formula is C27H38ClN5O. The molecule has 0 radical (unpaired) electrons. The molecule has 1 amide bonds. The van der Waals surface area contributed by atoms with Crippen LogP contribution in [0.4, 0.5) is 5.69 Å². The Balaban J connectivity index is 1.43. The molecule has 2 saturated heterocycles. The van der Waals surface area contributed by atoms with Crippen molar-refractivity contribution >= 4 is 23.2 Å². The predicted molar refractivity (Wildman–Crippen MR) is 140 cm³/mol. The van der Waals surface area contributed by atoms with Crippen LogP contribution in [0.1, 0.15) is 30.9 Å². The SMILES string of the molecule is CC(C)N1C[C@@H](C(=O)N2CCN(c3ccccc3CNCCN)CC2)[C@H](c2ccc(Cl)cc2)C1. The van der Waals surface area contributed by atoms with E-state index in [9.17, 15) is 4.79 Å². The minimum Gasteiger partial charge on any atom is -0.368 e. The highest BCUT2D eigenvalue weighted by atomic mass is 35.5. The number of nitrogens with zero attached hydrogens (tertiary/aromatic N) is 3. The minimum atomic E-state index is -0.0112. The molecule has 2 aromatic rings. The zero-order valence-electron chi connectivity index (χ0n) is 20.4. The van der Waals surface area contributed by atoms with E-state index in [0.29, 0.717) is 18.5 Å². The fourth-order valence-electron chi connectivity index (χ4n) is 5.25. The van der Waals surface area contributed by atoms with Gasteiger partial charge in [0.2, 0.25) is 5.91 Å². The average Bonchev–Trinajstić information content (AvgIpc) is 3.31. The van der Waals surface area contributed by atoms with Crippen molar-refractivity contribution in [1.82, 2.24) is 15.1 Å². The zero-order chi connectivity index (χ0) is 24.1. The van der Waals surface area contributed by atoms with Gasteiger partial charge in [0.1, 0.15) is 0 Å². The van der Waals surface area contributed by atoms with Crippen molar-refractivity contribution in [2.75, 3.05) is 57.3 Å². The highest BCUT2D eigenvalue weighted by molar-refractivity contribution is 6.30. The summed E-state index contributed by atoms with van der Waals surface area (Å²) in [6.07, 6.45) is 0. The van der Waals surface area contributed by atoms with Gasteiger partial charge in [-0.1, -0.05) is 41.9 Å². The molecular weight excluding hydrogens is 446 g/mol. The van der Waals surface area contributed by atoms with Gasteiger partial charge in [-0.05, 0) is 43.2 Å². The number of nitrogens with two attached hydrogens (primary N) is 1. The molecule has 3 N–H and O–H groups in total.